The first-order valence-electron chi connectivity index (χ1n) is 19.7. The fourth-order valence-corrected chi connectivity index (χ4v) is 8.40. The molecule has 0 spiro atoms. The monoisotopic (exact) mass is 763 g/mol. The number of benzene rings is 4. The van der Waals surface area contributed by atoms with E-state index in [0.29, 0.717) is 56.1 Å². The second kappa shape index (κ2) is 16.3. The first-order valence-corrected chi connectivity index (χ1v) is 19.7. The minimum atomic E-state index is -0.193. The summed E-state index contributed by atoms with van der Waals surface area (Å²) in [7, 11) is 3.66. The van der Waals surface area contributed by atoms with Gasteiger partial charge in [0, 0.05) is 93.7 Å². The van der Waals surface area contributed by atoms with E-state index in [1.165, 1.54) is 5.56 Å². The minimum absolute atomic E-state index is 0.0539. The lowest BCUT2D eigenvalue weighted by atomic mass is 9.89. The fourth-order valence-electron chi connectivity index (χ4n) is 8.40. The van der Waals surface area contributed by atoms with Crippen molar-refractivity contribution in [1.82, 2.24) is 19.3 Å². The SMILES string of the molecule is Cc1c(C(=O)N(C)c2ccc(O)cc2)cc(-c2cc3c(cc2C(=O)N2Cc4ccccc4C[C@H]2CN2CCOCC2)CN(C(=O)/C=C/c2ccccc2)CC3)n1C. The van der Waals surface area contributed by atoms with Gasteiger partial charge in [-0.05, 0) is 96.1 Å². The highest BCUT2D eigenvalue weighted by Crippen LogP contribution is 2.36. The molecule has 3 aliphatic rings. The molecule has 4 heterocycles. The van der Waals surface area contributed by atoms with Gasteiger partial charge in [-0.3, -0.25) is 19.3 Å². The highest BCUT2D eigenvalue weighted by atomic mass is 16.5. The van der Waals surface area contributed by atoms with Gasteiger partial charge in [-0.1, -0.05) is 54.6 Å². The number of nitrogens with zero attached hydrogens (tertiary/aromatic N) is 5. The Morgan fingerprint density at radius 1 is 0.825 bits per heavy atom. The molecule has 292 valence electrons. The first kappa shape index (κ1) is 37.9. The van der Waals surface area contributed by atoms with Gasteiger partial charge >= 0.3 is 0 Å². The van der Waals surface area contributed by atoms with Gasteiger partial charge in [-0.2, -0.15) is 0 Å². The highest BCUT2D eigenvalue weighted by Gasteiger charge is 2.35. The molecule has 1 atom stereocenters. The van der Waals surface area contributed by atoms with Crippen LogP contribution in [0.25, 0.3) is 17.3 Å². The fraction of sp³-hybridized carbons (Fsp3) is 0.298. The molecule has 3 amide bonds. The third-order valence-electron chi connectivity index (χ3n) is 11.9. The molecule has 1 saturated heterocycles. The molecule has 10 heteroatoms. The van der Waals surface area contributed by atoms with Crippen LogP contribution in [0.5, 0.6) is 5.75 Å². The second-order valence-corrected chi connectivity index (χ2v) is 15.4. The molecule has 8 rings (SSSR count). The van der Waals surface area contributed by atoms with Gasteiger partial charge in [-0.25, -0.2) is 0 Å². The van der Waals surface area contributed by atoms with Crippen LogP contribution in [0, 0.1) is 6.92 Å². The van der Waals surface area contributed by atoms with Crippen LogP contribution in [0.3, 0.4) is 0 Å². The number of aromatic hydroxyl groups is 1. The second-order valence-electron chi connectivity index (χ2n) is 15.4. The van der Waals surface area contributed by atoms with Gasteiger partial charge < -0.3 is 29.1 Å². The van der Waals surface area contributed by atoms with Crippen LogP contribution in [0.4, 0.5) is 5.69 Å². The summed E-state index contributed by atoms with van der Waals surface area (Å²) in [5, 5.41) is 9.84. The zero-order valence-electron chi connectivity index (χ0n) is 32.9. The van der Waals surface area contributed by atoms with Crippen LogP contribution >= 0.6 is 0 Å². The Morgan fingerprint density at radius 3 is 2.30 bits per heavy atom. The third kappa shape index (κ3) is 7.88. The van der Waals surface area contributed by atoms with Crippen molar-refractivity contribution in [2.75, 3.05) is 51.3 Å². The molecule has 0 bridgehead atoms. The molecule has 1 aromatic heterocycles. The lowest BCUT2D eigenvalue weighted by molar-refractivity contribution is -0.126. The van der Waals surface area contributed by atoms with E-state index in [9.17, 15) is 14.7 Å². The van der Waals surface area contributed by atoms with Crippen LogP contribution in [0.1, 0.15) is 54.2 Å². The van der Waals surface area contributed by atoms with Gasteiger partial charge in [0.15, 0.2) is 0 Å². The minimum Gasteiger partial charge on any atom is -0.508 e. The molecule has 1 fully saturated rings. The molecular weight excluding hydrogens is 715 g/mol. The Kier molecular flexibility index (Phi) is 10.8. The number of phenolic OH excluding ortho intramolecular Hbond substituents is 1. The molecule has 57 heavy (non-hydrogen) atoms. The number of fused-ring (bicyclic) bond motifs is 2. The maximum Gasteiger partial charge on any atom is 0.259 e. The predicted molar refractivity (Wildman–Crippen MR) is 222 cm³/mol. The van der Waals surface area contributed by atoms with E-state index in [1.807, 2.05) is 82.9 Å². The van der Waals surface area contributed by atoms with Crippen molar-refractivity contribution >= 4 is 29.5 Å². The standard InChI is InChI=1S/C47H49N5O5/c1-32-41(46(55)49(3)38-14-16-40(53)17-15-38)28-44(48(32)2)42-26-35-19-20-51(45(54)18-13-33-9-5-4-6-10-33)29-37(35)27-43(42)47(56)52-30-36-12-8-7-11-34(36)25-39(52)31-50-21-23-57-24-22-50/h4-18,26-28,39,53H,19-25,29-31H2,1-3H3/b18-13+/t39-/m0/s1. The zero-order valence-corrected chi connectivity index (χ0v) is 32.9. The predicted octanol–water partition coefficient (Wildman–Crippen LogP) is 6.48. The number of amides is 3. The largest absolute Gasteiger partial charge is 0.508 e. The number of aromatic nitrogens is 1. The average molecular weight is 764 g/mol. The molecule has 0 saturated carbocycles. The van der Waals surface area contributed by atoms with E-state index in [2.05, 4.69) is 29.2 Å². The number of carbonyl (C=O) groups is 3. The zero-order chi connectivity index (χ0) is 39.6. The van der Waals surface area contributed by atoms with Crippen molar-refractivity contribution in [2.45, 2.75) is 38.9 Å². The lowest BCUT2D eigenvalue weighted by Gasteiger charge is -2.41. The maximum atomic E-state index is 15.4. The lowest BCUT2D eigenvalue weighted by Crippen LogP contribution is -2.52. The molecule has 0 radical (unpaired) electrons. The van der Waals surface area contributed by atoms with Crippen LogP contribution in [-0.4, -0.2) is 94.6 Å². The van der Waals surface area contributed by atoms with Crippen molar-refractivity contribution < 1.29 is 24.2 Å². The van der Waals surface area contributed by atoms with Gasteiger partial charge in [0.25, 0.3) is 11.8 Å². The number of rotatable bonds is 8. The van der Waals surface area contributed by atoms with Gasteiger partial charge in [0.05, 0.1) is 18.8 Å². The van der Waals surface area contributed by atoms with Gasteiger partial charge in [0.1, 0.15) is 5.75 Å². The number of phenols is 1. The summed E-state index contributed by atoms with van der Waals surface area (Å²) >= 11 is 0. The maximum absolute atomic E-state index is 15.4. The molecule has 3 aliphatic heterocycles. The summed E-state index contributed by atoms with van der Waals surface area (Å²) in [6, 6.07) is 30.7. The number of hydrogen-bond acceptors (Lipinski definition) is 6. The molecule has 1 N–H and O–H groups in total. The summed E-state index contributed by atoms with van der Waals surface area (Å²) in [4.78, 5) is 50.8. The summed E-state index contributed by atoms with van der Waals surface area (Å²) < 4.78 is 7.66. The van der Waals surface area contributed by atoms with E-state index < -0.39 is 0 Å². The van der Waals surface area contributed by atoms with Crippen LogP contribution < -0.4 is 4.90 Å². The third-order valence-corrected chi connectivity index (χ3v) is 11.9. The number of anilines is 1. The number of morpholine rings is 1. The van der Waals surface area contributed by atoms with Crippen molar-refractivity contribution in [3.05, 3.63) is 148 Å². The van der Waals surface area contributed by atoms with Crippen molar-refractivity contribution in [3.63, 3.8) is 0 Å². The van der Waals surface area contributed by atoms with Crippen molar-refractivity contribution in [3.8, 4) is 17.0 Å². The van der Waals surface area contributed by atoms with Gasteiger partial charge in [-0.15, -0.1) is 0 Å². The Balaban J connectivity index is 1.18. The van der Waals surface area contributed by atoms with Crippen molar-refractivity contribution in [2.24, 2.45) is 7.05 Å². The Bertz CT molecular complexity index is 2330. The van der Waals surface area contributed by atoms with E-state index in [1.54, 1.807) is 42.3 Å². The highest BCUT2D eigenvalue weighted by molar-refractivity contribution is 6.08. The number of carbonyl (C=O) groups excluding carboxylic acids is 3. The Morgan fingerprint density at radius 2 is 1.54 bits per heavy atom. The summed E-state index contributed by atoms with van der Waals surface area (Å²) in [6.07, 6.45) is 4.86. The summed E-state index contributed by atoms with van der Waals surface area (Å²) in [5.41, 5.74) is 9.45. The van der Waals surface area contributed by atoms with Crippen molar-refractivity contribution in [1.29, 1.82) is 0 Å². The number of hydrogen-bond donors (Lipinski definition) is 1. The van der Waals surface area contributed by atoms with Crippen LogP contribution in [-0.2, 0) is 42.5 Å². The van der Waals surface area contributed by atoms with Crippen LogP contribution in [0.2, 0.25) is 0 Å². The Hall–Kier alpha value is -5.97. The quantitative estimate of drug-likeness (QED) is 0.182. The molecule has 0 aliphatic carbocycles. The number of ether oxygens (including phenoxy) is 1. The van der Waals surface area contributed by atoms with Gasteiger partial charge in [0.2, 0.25) is 5.91 Å². The Labute approximate surface area is 334 Å². The van der Waals surface area contributed by atoms with E-state index in [-0.39, 0.29) is 29.5 Å². The molecule has 4 aromatic carbocycles. The molecular formula is C47H49N5O5. The summed E-state index contributed by atoms with van der Waals surface area (Å²) in [5.74, 6) is -0.204. The molecule has 5 aromatic rings. The van der Waals surface area contributed by atoms with E-state index >= 15 is 4.79 Å². The average Bonchev–Trinajstić information content (AvgIpc) is 3.54. The van der Waals surface area contributed by atoms with Crippen LogP contribution in [0.15, 0.2) is 103 Å². The van der Waals surface area contributed by atoms with E-state index in [0.717, 1.165) is 65.3 Å². The normalized spacial score (nSPS) is 17.0. The molecule has 0 unspecified atom stereocenters. The summed E-state index contributed by atoms with van der Waals surface area (Å²) in [6.45, 7) is 7.10. The molecule has 10 nitrogen and oxygen atoms in total. The first-order chi connectivity index (χ1) is 27.6. The van der Waals surface area contributed by atoms with E-state index in [4.69, 9.17) is 4.74 Å². The smallest absolute Gasteiger partial charge is 0.259 e. The topological polar surface area (TPSA) is 98.6 Å².